The Bertz CT molecular complexity index is 529. The fourth-order valence-corrected chi connectivity index (χ4v) is 3.33. The van der Waals surface area contributed by atoms with Gasteiger partial charge >= 0.3 is 0 Å². The zero-order valence-electron chi connectivity index (χ0n) is 12.9. The van der Waals surface area contributed by atoms with Crippen molar-refractivity contribution >= 4 is 17.3 Å². The lowest BCUT2D eigenvalue weighted by molar-refractivity contribution is 0.0910. The molecule has 1 amide bonds. The van der Waals surface area contributed by atoms with Crippen molar-refractivity contribution < 1.29 is 4.79 Å². The molecule has 0 aromatic heterocycles. The number of nitrogens with one attached hydrogen (secondary N) is 3. The van der Waals surface area contributed by atoms with E-state index in [0.29, 0.717) is 12.0 Å². The monoisotopic (exact) mass is 287 g/mol. The van der Waals surface area contributed by atoms with E-state index in [9.17, 15) is 4.79 Å². The Labute approximate surface area is 126 Å². The fourth-order valence-electron chi connectivity index (χ4n) is 3.33. The SMILES string of the molecule is CC1CCC(NC(=O)c2ccc3c(c2)NCCN3)CC1C. The van der Waals surface area contributed by atoms with Gasteiger partial charge < -0.3 is 16.0 Å². The van der Waals surface area contributed by atoms with E-state index in [1.807, 2.05) is 18.2 Å². The molecule has 1 fully saturated rings. The molecule has 1 aromatic rings. The van der Waals surface area contributed by atoms with Crippen LogP contribution in [0.25, 0.3) is 0 Å². The Morgan fingerprint density at radius 2 is 1.86 bits per heavy atom. The number of hydrogen-bond acceptors (Lipinski definition) is 3. The second-order valence-corrected chi connectivity index (χ2v) is 6.55. The molecule has 4 nitrogen and oxygen atoms in total. The van der Waals surface area contributed by atoms with Crippen LogP contribution in [0, 0.1) is 11.8 Å². The molecule has 2 aliphatic rings. The van der Waals surface area contributed by atoms with E-state index in [-0.39, 0.29) is 5.91 Å². The van der Waals surface area contributed by atoms with Crippen LogP contribution in [0.4, 0.5) is 11.4 Å². The van der Waals surface area contributed by atoms with Crippen molar-refractivity contribution in [3.63, 3.8) is 0 Å². The number of amides is 1. The summed E-state index contributed by atoms with van der Waals surface area (Å²) in [7, 11) is 0. The van der Waals surface area contributed by atoms with Crippen LogP contribution >= 0.6 is 0 Å². The minimum atomic E-state index is 0.0527. The predicted octanol–water partition coefficient (Wildman–Crippen LogP) is 3.08. The number of carbonyl (C=O) groups excluding carboxylic acids is 1. The van der Waals surface area contributed by atoms with Crippen molar-refractivity contribution in [2.24, 2.45) is 11.8 Å². The Morgan fingerprint density at radius 3 is 2.62 bits per heavy atom. The average molecular weight is 287 g/mol. The third-order valence-corrected chi connectivity index (χ3v) is 4.97. The van der Waals surface area contributed by atoms with Gasteiger partial charge in [-0.05, 0) is 49.3 Å². The van der Waals surface area contributed by atoms with Gasteiger partial charge in [-0.3, -0.25) is 4.79 Å². The standard InChI is InChI=1S/C17H25N3O/c1-11-3-5-14(9-12(11)2)20-17(21)13-4-6-15-16(10-13)19-8-7-18-15/h4,6,10-12,14,18-19H,3,5,7-9H2,1-2H3,(H,20,21). The van der Waals surface area contributed by atoms with Gasteiger partial charge in [-0.2, -0.15) is 0 Å². The molecule has 0 spiro atoms. The first kappa shape index (κ1) is 14.2. The van der Waals surface area contributed by atoms with Gasteiger partial charge in [0.15, 0.2) is 0 Å². The number of carbonyl (C=O) groups is 1. The number of fused-ring (bicyclic) bond motifs is 1. The van der Waals surface area contributed by atoms with E-state index in [4.69, 9.17) is 0 Å². The van der Waals surface area contributed by atoms with Gasteiger partial charge in [0.05, 0.1) is 11.4 Å². The summed E-state index contributed by atoms with van der Waals surface area (Å²) in [5.74, 6) is 1.52. The van der Waals surface area contributed by atoms with Crippen molar-refractivity contribution in [1.82, 2.24) is 5.32 Å². The molecule has 4 heteroatoms. The minimum Gasteiger partial charge on any atom is -0.382 e. The summed E-state index contributed by atoms with van der Waals surface area (Å²) < 4.78 is 0. The summed E-state index contributed by atoms with van der Waals surface area (Å²) in [6.07, 6.45) is 3.40. The maximum atomic E-state index is 12.4. The molecule has 21 heavy (non-hydrogen) atoms. The van der Waals surface area contributed by atoms with Crippen LogP contribution in [-0.4, -0.2) is 25.0 Å². The number of rotatable bonds is 2. The van der Waals surface area contributed by atoms with E-state index in [1.165, 1.54) is 6.42 Å². The van der Waals surface area contributed by atoms with Crippen molar-refractivity contribution in [1.29, 1.82) is 0 Å². The fraction of sp³-hybridized carbons (Fsp3) is 0.588. The van der Waals surface area contributed by atoms with Gasteiger partial charge in [-0.1, -0.05) is 13.8 Å². The zero-order chi connectivity index (χ0) is 14.8. The molecule has 114 valence electrons. The van der Waals surface area contributed by atoms with E-state index >= 15 is 0 Å². The third kappa shape index (κ3) is 3.14. The van der Waals surface area contributed by atoms with E-state index < -0.39 is 0 Å². The summed E-state index contributed by atoms with van der Waals surface area (Å²) >= 11 is 0. The van der Waals surface area contributed by atoms with Gasteiger partial charge in [0.25, 0.3) is 5.91 Å². The summed E-state index contributed by atoms with van der Waals surface area (Å²) in [5.41, 5.74) is 2.86. The van der Waals surface area contributed by atoms with Crippen molar-refractivity contribution in [2.45, 2.75) is 39.2 Å². The van der Waals surface area contributed by atoms with Gasteiger partial charge in [-0.25, -0.2) is 0 Å². The molecule has 0 bridgehead atoms. The van der Waals surface area contributed by atoms with Crippen molar-refractivity contribution in [3.05, 3.63) is 23.8 Å². The molecule has 1 aliphatic heterocycles. The number of anilines is 2. The Hall–Kier alpha value is -1.71. The Balaban J connectivity index is 1.65. The molecule has 1 aliphatic carbocycles. The molecule has 0 saturated heterocycles. The average Bonchev–Trinajstić information content (AvgIpc) is 2.50. The van der Waals surface area contributed by atoms with E-state index in [1.54, 1.807) is 0 Å². The molecule has 3 rings (SSSR count). The first-order chi connectivity index (χ1) is 10.1. The molecular formula is C17H25N3O. The highest BCUT2D eigenvalue weighted by atomic mass is 16.1. The quantitative estimate of drug-likeness (QED) is 0.783. The first-order valence-corrected chi connectivity index (χ1v) is 8.06. The van der Waals surface area contributed by atoms with Gasteiger partial charge in [0.1, 0.15) is 0 Å². The van der Waals surface area contributed by atoms with Crippen LogP contribution in [0.5, 0.6) is 0 Å². The topological polar surface area (TPSA) is 53.2 Å². The van der Waals surface area contributed by atoms with Crippen LogP contribution in [0.15, 0.2) is 18.2 Å². The zero-order valence-corrected chi connectivity index (χ0v) is 12.9. The molecule has 0 radical (unpaired) electrons. The lowest BCUT2D eigenvalue weighted by Crippen LogP contribution is -2.39. The number of benzene rings is 1. The second-order valence-electron chi connectivity index (χ2n) is 6.55. The molecule has 3 unspecified atom stereocenters. The summed E-state index contributed by atoms with van der Waals surface area (Å²) in [5, 5.41) is 9.86. The molecule has 1 aromatic carbocycles. The molecular weight excluding hydrogens is 262 g/mol. The Morgan fingerprint density at radius 1 is 1.10 bits per heavy atom. The van der Waals surface area contributed by atoms with Crippen LogP contribution in [0.2, 0.25) is 0 Å². The van der Waals surface area contributed by atoms with Crippen LogP contribution < -0.4 is 16.0 Å². The minimum absolute atomic E-state index is 0.0527. The largest absolute Gasteiger partial charge is 0.382 e. The lowest BCUT2D eigenvalue weighted by Gasteiger charge is -2.32. The van der Waals surface area contributed by atoms with Crippen LogP contribution in [0.3, 0.4) is 0 Å². The maximum Gasteiger partial charge on any atom is 0.251 e. The van der Waals surface area contributed by atoms with Crippen LogP contribution in [0.1, 0.15) is 43.5 Å². The van der Waals surface area contributed by atoms with Crippen LogP contribution in [-0.2, 0) is 0 Å². The third-order valence-electron chi connectivity index (χ3n) is 4.97. The normalized spacial score (nSPS) is 28.0. The summed E-state index contributed by atoms with van der Waals surface area (Å²) in [6.45, 7) is 6.43. The highest BCUT2D eigenvalue weighted by molar-refractivity contribution is 5.96. The van der Waals surface area contributed by atoms with E-state index in [0.717, 1.165) is 48.8 Å². The lowest BCUT2D eigenvalue weighted by atomic mass is 9.79. The molecule has 1 saturated carbocycles. The molecule has 1 heterocycles. The van der Waals surface area contributed by atoms with E-state index in [2.05, 4.69) is 29.8 Å². The highest BCUT2D eigenvalue weighted by Crippen LogP contribution is 2.30. The predicted molar refractivity (Wildman–Crippen MR) is 86.9 cm³/mol. The van der Waals surface area contributed by atoms with Crippen molar-refractivity contribution in [2.75, 3.05) is 23.7 Å². The van der Waals surface area contributed by atoms with Gasteiger partial charge in [0, 0.05) is 24.7 Å². The maximum absolute atomic E-state index is 12.4. The smallest absolute Gasteiger partial charge is 0.251 e. The number of hydrogen-bond donors (Lipinski definition) is 3. The van der Waals surface area contributed by atoms with Gasteiger partial charge in [-0.15, -0.1) is 0 Å². The summed E-state index contributed by atoms with van der Waals surface area (Å²) in [4.78, 5) is 12.4. The Kier molecular flexibility index (Phi) is 4.04. The van der Waals surface area contributed by atoms with Gasteiger partial charge in [0.2, 0.25) is 0 Å². The first-order valence-electron chi connectivity index (χ1n) is 8.06. The molecule has 3 atom stereocenters. The highest BCUT2D eigenvalue weighted by Gasteiger charge is 2.26. The molecule has 3 N–H and O–H groups in total. The summed E-state index contributed by atoms with van der Waals surface area (Å²) in [6, 6.07) is 6.17. The van der Waals surface area contributed by atoms with Crippen molar-refractivity contribution in [3.8, 4) is 0 Å². The second kappa shape index (κ2) is 5.96.